The average molecular weight is 444 g/mol. The summed E-state index contributed by atoms with van der Waals surface area (Å²) in [6.07, 6.45) is 1.52. The fraction of sp³-hybridized carbons (Fsp3) is 0.115. The Kier molecular flexibility index (Phi) is 7.60. The predicted octanol–water partition coefficient (Wildman–Crippen LogP) is 4.34. The minimum atomic E-state index is -0.493. The smallest absolute Gasteiger partial charge is 0.308 e. The topological polar surface area (TPSA) is 93.7 Å². The molecule has 3 aromatic carbocycles. The summed E-state index contributed by atoms with van der Waals surface area (Å²) in [6.45, 7) is 3.21. The Morgan fingerprint density at radius 1 is 0.879 bits per heavy atom. The van der Waals surface area contributed by atoms with Gasteiger partial charge < -0.3 is 20.1 Å². The van der Waals surface area contributed by atoms with E-state index < -0.39 is 17.8 Å². The van der Waals surface area contributed by atoms with Crippen molar-refractivity contribution >= 4 is 29.5 Å². The van der Waals surface area contributed by atoms with E-state index in [1.807, 2.05) is 25.1 Å². The van der Waals surface area contributed by atoms with Crippen molar-refractivity contribution in [3.8, 4) is 11.5 Å². The molecule has 0 bridgehead atoms. The van der Waals surface area contributed by atoms with E-state index in [1.165, 1.54) is 20.1 Å². The molecule has 0 fully saturated rings. The molecule has 0 atom stereocenters. The molecular formula is C26H24N2O5. The van der Waals surface area contributed by atoms with Crippen LogP contribution in [0.4, 0.5) is 5.69 Å². The molecule has 2 N–H and O–H groups in total. The van der Waals surface area contributed by atoms with Crippen LogP contribution in [0.25, 0.3) is 6.08 Å². The lowest BCUT2D eigenvalue weighted by Crippen LogP contribution is -2.30. The van der Waals surface area contributed by atoms with Gasteiger partial charge in [-0.1, -0.05) is 36.4 Å². The summed E-state index contributed by atoms with van der Waals surface area (Å²) in [6, 6.07) is 20.7. The SMILES string of the molecule is COc1cc(/C=C(\NC(=O)c2ccccc2)C(=O)Nc2cccc(C)c2)ccc1OC(C)=O. The van der Waals surface area contributed by atoms with Crippen LogP contribution in [-0.4, -0.2) is 24.9 Å². The van der Waals surface area contributed by atoms with Gasteiger partial charge in [-0.2, -0.15) is 0 Å². The van der Waals surface area contributed by atoms with Crippen molar-refractivity contribution in [2.45, 2.75) is 13.8 Å². The normalized spacial score (nSPS) is 10.8. The van der Waals surface area contributed by atoms with E-state index >= 15 is 0 Å². The second-order valence-electron chi connectivity index (χ2n) is 7.21. The number of hydrogen-bond donors (Lipinski definition) is 2. The van der Waals surface area contributed by atoms with Crippen molar-refractivity contribution in [2.75, 3.05) is 12.4 Å². The maximum Gasteiger partial charge on any atom is 0.308 e. The van der Waals surface area contributed by atoms with Crippen LogP contribution in [0.3, 0.4) is 0 Å². The molecule has 2 amide bonds. The summed E-state index contributed by atoms with van der Waals surface area (Å²) in [5.41, 5.74) is 2.59. The Morgan fingerprint density at radius 3 is 2.30 bits per heavy atom. The molecular weight excluding hydrogens is 420 g/mol. The van der Waals surface area contributed by atoms with Gasteiger partial charge in [0.05, 0.1) is 7.11 Å². The van der Waals surface area contributed by atoms with Crippen molar-refractivity contribution in [1.29, 1.82) is 0 Å². The number of anilines is 1. The third kappa shape index (κ3) is 6.54. The Morgan fingerprint density at radius 2 is 1.64 bits per heavy atom. The molecule has 0 aliphatic carbocycles. The van der Waals surface area contributed by atoms with E-state index in [2.05, 4.69) is 10.6 Å². The van der Waals surface area contributed by atoms with Crippen LogP contribution in [0.2, 0.25) is 0 Å². The number of ether oxygens (including phenoxy) is 2. The van der Waals surface area contributed by atoms with E-state index in [-0.39, 0.29) is 11.4 Å². The summed E-state index contributed by atoms with van der Waals surface area (Å²) in [5.74, 6) is -0.837. The van der Waals surface area contributed by atoms with E-state index in [4.69, 9.17) is 9.47 Å². The number of esters is 1. The van der Waals surface area contributed by atoms with Crippen LogP contribution in [0.5, 0.6) is 11.5 Å². The lowest BCUT2D eigenvalue weighted by atomic mass is 10.1. The maximum absolute atomic E-state index is 13.1. The Hall–Kier alpha value is -4.39. The first-order chi connectivity index (χ1) is 15.9. The molecule has 0 heterocycles. The Balaban J connectivity index is 1.94. The number of carbonyl (C=O) groups excluding carboxylic acids is 3. The first-order valence-electron chi connectivity index (χ1n) is 10.2. The number of hydrogen-bond acceptors (Lipinski definition) is 5. The van der Waals surface area contributed by atoms with Gasteiger partial charge in [0.1, 0.15) is 5.70 Å². The number of nitrogens with one attached hydrogen (secondary N) is 2. The zero-order chi connectivity index (χ0) is 23.8. The lowest BCUT2D eigenvalue weighted by Gasteiger charge is -2.13. The largest absolute Gasteiger partial charge is 0.493 e. The molecule has 0 saturated carbocycles. The molecule has 168 valence electrons. The second-order valence-corrected chi connectivity index (χ2v) is 7.21. The van der Waals surface area contributed by atoms with Gasteiger partial charge in [0.15, 0.2) is 11.5 Å². The monoisotopic (exact) mass is 444 g/mol. The van der Waals surface area contributed by atoms with Crippen LogP contribution in [0.1, 0.15) is 28.4 Å². The van der Waals surface area contributed by atoms with Crippen LogP contribution < -0.4 is 20.1 Å². The predicted molar refractivity (Wildman–Crippen MR) is 126 cm³/mol. The minimum absolute atomic E-state index is 0.0349. The standard InChI is InChI=1S/C26H24N2O5/c1-17-8-7-11-21(14-17)27-26(31)22(28-25(30)20-9-5-4-6-10-20)15-19-12-13-23(33-18(2)29)24(16-19)32-3/h4-16H,1-3H3,(H,27,31)(H,28,30)/b22-15-. The Labute approximate surface area is 192 Å². The molecule has 0 spiro atoms. The minimum Gasteiger partial charge on any atom is -0.493 e. The lowest BCUT2D eigenvalue weighted by molar-refractivity contribution is -0.132. The van der Waals surface area contributed by atoms with Crippen LogP contribution in [-0.2, 0) is 9.59 Å². The number of aryl methyl sites for hydroxylation is 1. The highest BCUT2D eigenvalue weighted by Gasteiger charge is 2.16. The molecule has 7 heteroatoms. The molecule has 7 nitrogen and oxygen atoms in total. The molecule has 0 aliphatic heterocycles. The van der Waals surface area contributed by atoms with Gasteiger partial charge in [-0.3, -0.25) is 14.4 Å². The first-order valence-corrected chi connectivity index (χ1v) is 10.2. The van der Waals surface area contributed by atoms with Gasteiger partial charge in [0, 0.05) is 18.2 Å². The van der Waals surface area contributed by atoms with Crippen molar-refractivity contribution in [3.63, 3.8) is 0 Å². The first kappa shape index (κ1) is 23.3. The molecule has 3 rings (SSSR count). The van der Waals surface area contributed by atoms with Crippen LogP contribution in [0.15, 0.2) is 78.5 Å². The number of methoxy groups -OCH3 is 1. The highest BCUT2D eigenvalue weighted by Crippen LogP contribution is 2.29. The number of amides is 2. The van der Waals surface area contributed by atoms with Crippen LogP contribution in [0, 0.1) is 6.92 Å². The summed E-state index contributed by atoms with van der Waals surface area (Å²) in [4.78, 5) is 37.1. The molecule has 0 unspecified atom stereocenters. The second kappa shape index (κ2) is 10.8. The van der Waals surface area contributed by atoms with Crippen molar-refractivity contribution in [1.82, 2.24) is 5.32 Å². The summed E-state index contributed by atoms with van der Waals surface area (Å²) >= 11 is 0. The third-order valence-electron chi connectivity index (χ3n) is 4.56. The molecule has 0 aromatic heterocycles. The van der Waals surface area contributed by atoms with Gasteiger partial charge in [-0.25, -0.2) is 0 Å². The highest BCUT2D eigenvalue weighted by atomic mass is 16.6. The van der Waals surface area contributed by atoms with E-state index in [1.54, 1.807) is 54.6 Å². The highest BCUT2D eigenvalue weighted by molar-refractivity contribution is 6.10. The van der Waals surface area contributed by atoms with Gasteiger partial charge in [0.2, 0.25) is 0 Å². The van der Waals surface area contributed by atoms with Gasteiger partial charge in [0.25, 0.3) is 11.8 Å². The molecule has 0 aliphatic rings. The van der Waals surface area contributed by atoms with E-state index in [0.717, 1.165) is 5.56 Å². The van der Waals surface area contributed by atoms with Crippen LogP contribution >= 0.6 is 0 Å². The number of carbonyl (C=O) groups is 3. The molecule has 0 saturated heterocycles. The quantitative estimate of drug-likeness (QED) is 0.321. The van der Waals surface area contributed by atoms with Gasteiger partial charge in [-0.05, 0) is 60.5 Å². The summed E-state index contributed by atoms with van der Waals surface area (Å²) < 4.78 is 10.4. The van der Waals surface area contributed by atoms with Crippen molar-refractivity contribution in [3.05, 3.63) is 95.2 Å². The maximum atomic E-state index is 13.1. The zero-order valence-electron chi connectivity index (χ0n) is 18.5. The zero-order valence-corrected chi connectivity index (χ0v) is 18.5. The fourth-order valence-corrected chi connectivity index (χ4v) is 3.04. The van der Waals surface area contributed by atoms with E-state index in [9.17, 15) is 14.4 Å². The molecule has 0 radical (unpaired) electrons. The van der Waals surface area contributed by atoms with Gasteiger partial charge in [-0.15, -0.1) is 0 Å². The van der Waals surface area contributed by atoms with Crippen molar-refractivity contribution in [2.24, 2.45) is 0 Å². The van der Waals surface area contributed by atoms with Crippen molar-refractivity contribution < 1.29 is 23.9 Å². The molecule has 3 aromatic rings. The molecule has 33 heavy (non-hydrogen) atoms. The van der Waals surface area contributed by atoms with E-state index in [0.29, 0.717) is 22.6 Å². The summed E-state index contributed by atoms with van der Waals surface area (Å²) in [5, 5.41) is 5.49. The average Bonchev–Trinajstić information content (AvgIpc) is 2.79. The number of rotatable bonds is 7. The third-order valence-corrected chi connectivity index (χ3v) is 4.56. The number of benzene rings is 3. The summed E-state index contributed by atoms with van der Waals surface area (Å²) in [7, 11) is 1.44. The Bertz CT molecular complexity index is 1200. The fourth-order valence-electron chi connectivity index (χ4n) is 3.04. The van der Waals surface area contributed by atoms with Gasteiger partial charge >= 0.3 is 5.97 Å².